The van der Waals surface area contributed by atoms with Crippen LogP contribution in [0, 0.1) is 5.92 Å². The van der Waals surface area contributed by atoms with E-state index in [2.05, 4.69) is 27.2 Å². The van der Waals surface area contributed by atoms with Crippen molar-refractivity contribution in [3.63, 3.8) is 0 Å². The number of carbonyl (C=O) groups is 1. The van der Waals surface area contributed by atoms with Crippen molar-refractivity contribution in [3.05, 3.63) is 12.7 Å². The Labute approximate surface area is 114 Å². The third-order valence-corrected chi connectivity index (χ3v) is 3.82. The van der Waals surface area contributed by atoms with Gasteiger partial charge in [0.15, 0.2) is 0 Å². The number of amides is 1. The number of rotatable bonds is 5. The van der Waals surface area contributed by atoms with Gasteiger partial charge in [0.1, 0.15) is 18.7 Å². The van der Waals surface area contributed by atoms with Crippen LogP contribution in [0.1, 0.15) is 32.7 Å². The molecule has 6 heteroatoms. The van der Waals surface area contributed by atoms with Gasteiger partial charge in [-0.2, -0.15) is 5.10 Å². The molecule has 0 aromatic carbocycles. The number of aromatic nitrogens is 3. The molecule has 1 N–H and O–H groups in total. The normalized spacial score (nSPS) is 19.3. The number of likely N-dealkylation sites (tertiary alicyclic amines) is 1. The lowest BCUT2D eigenvalue weighted by Gasteiger charge is -2.30. The third kappa shape index (κ3) is 4.02. The molecular formula is C13H23N5O. The zero-order valence-corrected chi connectivity index (χ0v) is 11.7. The molecule has 6 nitrogen and oxygen atoms in total. The van der Waals surface area contributed by atoms with Crippen molar-refractivity contribution in [2.24, 2.45) is 5.92 Å². The second-order valence-electron chi connectivity index (χ2n) is 5.37. The Balaban J connectivity index is 1.66. The quantitative estimate of drug-likeness (QED) is 0.850. The Morgan fingerprint density at radius 1 is 1.47 bits per heavy atom. The smallest absolute Gasteiger partial charge is 0.244 e. The molecule has 0 aliphatic carbocycles. The predicted octanol–water partition coefficient (Wildman–Crippen LogP) is 0.687. The van der Waals surface area contributed by atoms with Gasteiger partial charge in [-0.1, -0.05) is 6.92 Å². The van der Waals surface area contributed by atoms with E-state index in [1.165, 1.54) is 19.2 Å². The van der Waals surface area contributed by atoms with E-state index >= 15 is 0 Å². The van der Waals surface area contributed by atoms with Crippen LogP contribution in [0.3, 0.4) is 0 Å². The number of hydrogen-bond donors (Lipinski definition) is 1. The molecule has 0 radical (unpaired) electrons. The van der Waals surface area contributed by atoms with E-state index in [0.29, 0.717) is 6.54 Å². The molecule has 1 aliphatic heterocycles. The standard InChI is InChI=1S/C13H23N5O/c1-11-3-6-17(7-4-11)8-5-15-13(19)12(2)18-10-14-9-16-18/h9-12H,3-8H2,1-2H3,(H,15,19). The zero-order valence-electron chi connectivity index (χ0n) is 11.7. The molecule has 2 rings (SSSR count). The monoisotopic (exact) mass is 265 g/mol. The molecule has 2 heterocycles. The number of carbonyl (C=O) groups excluding carboxylic acids is 1. The highest BCUT2D eigenvalue weighted by atomic mass is 16.2. The van der Waals surface area contributed by atoms with Gasteiger partial charge in [-0.05, 0) is 38.8 Å². The first-order valence-corrected chi connectivity index (χ1v) is 7.01. The summed E-state index contributed by atoms with van der Waals surface area (Å²) in [5.74, 6) is 0.842. The lowest BCUT2D eigenvalue weighted by atomic mass is 9.99. The van der Waals surface area contributed by atoms with E-state index in [0.717, 1.165) is 25.6 Å². The summed E-state index contributed by atoms with van der Waals surface area (Å²) in [7, 11) is 0. The van der Waals surface area contributed by atoms with Crippen molar-refractivity contribution in [3.8, 4) is 0 Å². The minimum absolute atomic E-state index is 0.00382. The second-order valence-corrected chi connectivity index (χ2v) is 5.37. The highest BCUT2D eigenvalue weighted by molar-refractivity contribution is 5.79. The van der Waals surface area contributed by atoms with Crippen LogP contribution in [0.15, 0.2) is 12.7 Å². The molecule has 0 bridgehead atoms. The molecule has 1 aromatic heterocycles. The summed E-state index contributed by atoms with van der Waals surface area (Å²) in [4.78, 5) is 18.2. The van der Waals surface area contributed by atoms with Gasteiger partial charge in [0, 0.05) is 13.1 Å². The van der Waals surface area contributed by atoms with Gasteiger partial charge in [-0.15, -0.1) is 0 Å². The summed E-state index contributed by atoms with van der Waals surface area (Å²) in [6.07, 6.45) is 5.54. The van der Waals surface area contributed by atoms with Crippen molar-refractivity contribution in [2.45, 2.75) is 32.7 Å². The fraction of sp³-hybridized carbons (Fsp3) is 0.769. The van der Waals surface area contributed by atoms with Crippen molar-refractivity contribution >= 4 is 5.91 Å². The lowest BCUT2D eigenvalue weighted by Crippen LogP contribution is -2.40. The van der Waals surface area contributed by atoms with E-state index in [-0.39, 0.29) is 11.9 Å². The number of nitrogens with zero attached hydrogens (tertiary/aromatic N) is 4. The molecule has 106 valence electrons. The Morgan fingerprint density at radius 2 is 2.21 bits per heavy atom. The van der Waals surface area contributed by atoms with Crippen LogP contribution in [-0.4, -0.2) is 51.8 Å². The maximum atomic E-state index is 11.9. The summed E-state index contributed by atoms with van der Waals surface area (Å²) in [6, 6.07) is -0.302. The first-order chi connectivity index (χ1) is 9.16. The Hall–Kier alpha value is -1.43. The van der Waals surface area contributed by atoms with Crippen LogP contribution in [0.5, 0.6) is 0 Å². The summed E-state index contributed by atoms with van der Waals surface area (Å²) >= 11 is 0. The molecule has 0 saturated carbocycles. The fourth-order valence-electron chi connectivity index (χ4n) is 2.31. The van der Waals surface area contributed by atoms with Gasteiger partial charge >= 0.3 is 0 Å². The van der Waals surface area contributed by atoms with Crippen molar-refractivity contribution in [2.75, 3.05) is 26.2 Å². The Kier molecular flexibility index (Phi) is 4.90. The van der Waals surface area contributed by atoms with Gasteiger partial charge in [-0.3, -0.25) is 4.79 Å². The molecule has 1 atom stereocenters. The van der Waals surface area contributed by atoms with E-state index in [4.69, 9.17) is 0 Å². The minimum atomic E-state index is -0.302. The molecule has 1 saturated heterocycles. The Bertz CT molecular complexity index is 384. The van der Waals surface area contributed by atoms with Crippen LogP contribution < -0.4 is 5.32 Å². The van der Waals surface area contributed by atoms with Gasteiger partial charge in [0.25, 0.3) is 0 Å². The lowest BCUT2D eigenvalue weighted by molar-refractivity contribution is -0.124. The summed E-state index contributed by atoms with van der Waals surface area (Å²) < 4.78 is 1.57. The minimum Gasteiger partial charge on any atom is -0.353 e. The average molecular weight is 265 g/mol. The van der Waals surface area contributed by atoms with Crippen LogP contribution in [0.4, 0.5) is 0 Å². The molecule has 1 aromatic rings. The highest BCUT2D eigenvalue weighted by Gasteiger charge is 2.17. The molecule has 1 aliphatic rings. The molecule has 1 unspecified atom stereocenters. The fourth-order valence-corrected chi connectivity index (χ4v) is 2.31. The van der Waals surface area contributed by atoms with Gasteiger partial charge < -0.3 is 10.2 Å². The van der Waals surface area contributed by atoms with Gasteiger partial charge in [-0.25, -0.2) is 9.67 Å². The van der Waals surface area contributed by atoms with Gasteiger partial charge in [0.2, 0.25) is 5.91 Å². The van der Waals surface area contributed by atoms with E-state index in [9.17, 15) is 4.79 Å². The number of nitrogens with one attached hydrogen (secondary N) is 1. The number of hydrogen-bond acceptors (Lipinski definition) is 4. The average Bonchev–Trinajstić information content (AvgIpc) is 2.94. The third-order valence-electron chi connectivity index (χ3n) is 3.82. The summed E-state index contributed by atoms with van der Waals surface area (Å²) in [6.45, 7) is 8.06. The van der Waals surface area contributed by atoms with E-state index < -0.39 is 0 Å². The predicted molar refractivity (Wildman–Crippen MR) is 72.6 cm³/mol. The second kappa shape index (κ2) is 6.65. The maximum Gasteiger partial charge on any atom is 0.244 e. The van der Waals surface area contributed by atoms with E-state index in [1.807, 2.05) is 6.92 Å². The maximum absolute atomic E-state index is 11.9. The summed E-state index contributed by atoms with van der Waals surface area (Å²) in [5.41, 5.74) is 0. The SMILES string of the molecule is CC1CCN(CCNC(=O)C(C)n2cncn2)CC1. The topological polar surface area (TPSA) is 63.1 Å². The Morgan fingerprint density at radius 3 is 2.84 bits per heavy atom. The van der Waals surface area contributed by atoms with Crippen LogP contribution in [0.2, 0.25) is 0 Å². The first-order valence-electron chi connectivity index (χ1n) is 7.01. The highest BCUT2D eigenvalue weighted by Crippen LogP contribution is 2.15. The molecule has 1 amide bonds. The van der Waals surface area contributed by atoms with Gasteiger partial charge in [0.05, 0.1) is 0 Å². The van der Waals surface area contributed by atoms with Crippen molar-refractivity contribution in [1.82, 2.24) is 25.0 Å². The zero-order chi connectivity index (χ0) is 13.7. The summed E-state index contributed by atoms with van der Waals surface area (Å²) in [5, 5.41) is 6.94. The van der Waals surface area contributed by atoms with Crippen LogP contribution in [0.25, 0.3) is 0 Å². The molecule has 19 heavy (non-hydrogen) atoms. The van der Waals surface area contributed by atoms with E-state index in [1.54, 1.807) is 11.0 Å². The largest absolute Gasteiger partial charge is 0.353 e. The first kappa shape index (κ1) is 14.0. The number of piperidine rings is 1. The van der Waals surface area contributed by atoms with Crippen molar-refractivity contribution < 1.29 is 4.79 Å². The van der Waals surface area contributed by atoms with Crippen LogP contribution >= 0.6 is 0 Å². The molecule has 1 fully saturated rings. The molecular weight excluding hydrogens is 242 g/mol. The molecule has 0 spiro atoms. The van der Waals surface area contributed by atoms with Crippen molar-refractivity contribution in [1.29, 1.82) is 0 Å². The van der Waals surface area contributed by atoms with Crippen LogP contribution in [-0.2, 0) is 4.79 Å².